The van der Waals surface area contributed by atoms with E-state index in [1.807, 2.05) is 11.8 Å². The van der Waals surface area contributed by atoms with Crippen molar-refractivity contribution in [2.75, 3.05) is 26.3 Å². The Morgan fingerprint density at radius 2 is 1.76 bits per heavy atom. The average Bonchev–Trinajstić information content (AvgIpc) is 3.06. The van der Waals surface area contributed by atoms with E-state index in [4.69, 9.17) is 4.74 Å². The Morgan fingerprint density at radius 3 is 2.36 bits per heavy atom. The summed E-state index contributed by atoms with van der Waals surface area (Å²) in [6.45, 7) is 4.44. The van der Waals surface area contributed by atoms with Crippen molar-refractivity contribution in [1.82, 2.24) is 10.2 Å². The molecule has 5 rings (SSSR count). The number of hydrogen-bond donors (Lipinski definition) is 1. The van der Waals surface area contributed by atoms with Crippen LogP contribution in [-0.4, -0.2) is 49.1 Å². The summed E-state index contributed by atoms with van der Waals surface area (Å²) >= 11 is 0. The van der Waals surface area contributed by atoms with Crippen LogP contribution in [-0.2, 0) is 14.3 Å². The number of nitrogens with one attached hydrogen (secondary N) is 1. The SMILES string of the molecule is CCOCCNC(=O)C1CCCN1C(=O)C12CC3CC(CC(C3)C1)C2. The van der Waals surface area contributed by atoms with Crippen LogP contribution < -0.4 is 5.32 Å². The van der Waals surface area contributed by atoms with Crippen LogP contribution >= 0.6 is 0 Å². The summed E-state index contributed by atoms with van der Waals surface area (Å²) in [6.07, 6.45) is 9.00. The van der Waals surface area contributed by atoms with Crippen molar-refractivity contribution < 1.29 is 14.3 Å². The number of likely N-dealkylation sites (tertiary alicyclic amines) is 1. The van der Waals surface area contributed by atoms with E-state index in [9.17, 15) is 9.59 Å². The first kappa shape index (κ1) is 17.3. The second kappa shape index (κ2) is 6.90. The van der Waals surface area contributed by atoms with E-state index in [1.165, 1.54) is 19.3 Å². The molecule has 5 nitrogen and oxygen atoms in total. The first-order valence-corrected chi connectivity index (χ1v) is 10.3. The molecule has 5 heteroatoms. The minimum Gasteiger partial charge on any atom is -0.380 e. The summed E-state index contributed by atoms with van der Waals surface area (Å²) in [7, 11) is 0. The van der Waals surface area contributed by atoms with Crippen molar-refractivity contribution in [1.29, 1.82) is 0 Å². The Hall–Kier alpha value is -1.10. The lowest BCUT2D eigenvalue weighted by Gasteiger charge is -2.56. The summed E-state index contributed by atoms with van der Waals surface area (Å²) in [6, 6.07) is -0.262. The molecule has 5 aliphatic rings. The first-order chi connectivity index (χ1) is 12.1. The van der Waals surface area contributed by atoms with E-state index < -0.39 is 0 Å². The lowest BCUT2D eigenvalue weighted by atomic mass is 9.49. The van der Waals surface area contributed by atoms with Crippen molar-refractivity contribution >= 4 is 11.8 Å². The smallest absolute Gasteiger partial charge is 0.242 e. The third-order valence-corrected chi connectivity index (χ3v) is 7.06. The fourth-order valence-corrected chi connectivity index (χ4v) is 6.47. The molecule has 0 aromatic rings. The Bertz CT molecular complexity index is 498. The molecule has 4 aliphatic carbocycles. The molecule has 1 unspecified atom stereocenters. The highest BCUT2D eigenvalue weighted by molar-refractivity contribution is 5.91. The largest absolute Gasteiger partial charge is 0.380 e. The summed E-state index contributed by atoms with van der Waals surface area (Å²) in [5.74, 6) is 2.59. The predicted molar refractivity (Wildman–Crippen MR) is 94.8 cm³/mol. The minimum atomic E-state index is -0.262. The lowest BCUT2D eigenvalue weighted by molar-refractivity contribution is -0.160. The molecule has 1 N–H and O–H groups in total. The van der Waals surface area contributed by atoms with Crippen molar-refractivity contribution in [3.05, 3.63) is 0 Å². The molecule has 140 valence electrons. The standard InChI is InChI=1S/C20H32N2O3/c1-2-25-7-5-21-18(23)17-4-3-6-22(17)19(24)20-11-14-8-15(12-20)10-16(9-14)13-20/h14-17H,2-13H2,1H3,(H,21,23). The molecule has 4 saturated carbocycles. The lowest BCUT2D eigenvalue weighted by Crippen LogP contribution is -2.57. The fourth-order valence-electron chi connectivity index (χ4n) is 6.47. The molecule has 0 aromatic carbocycles. The van der Waals surface area contributed by atoms with E-state index in [1.54, 1.807) is 0 Å². The van der Waals surface area contributed by atoms with Crippen LogP contribution in [0, 0.1) is 23.2 Å². The molecule has 0 aromatic heterocycles. The first-order valence-electron chi connectivity index (χ1n) is 10.3. The number of carbonyl (C=O) groups is 2. The van der Waals surface area contributed by atoms with E-state index in [0.29, 0.717) is 25.7 Å². The van der Waals surface area contributed by atoms with Gasteiger partial charge in [-0.3, -0.25) is 9.59 Å². The Labute approximate surface area is 150 Å². The molecule has 1 saturated heterocycles. The van der Waals surface area contributed by atoms with Gasteiger partial charge in [0.2, 0.25) is 11.8 Å². The highest BCUT2D eigenvalue weighted by atomic mass is 16.5. The molecular formula is C20H32N2O3. The Morgan fingerprint density at radius 1 is 1.12 bits per heavy atom. The molecule has 2 amide bonds. The predicted octanol–water partition coefficient (Wildman–Crippen LogP) is 2.35. The molecule has 1 aliphatic heterocycles. The Balaban J connectivity index is 1.42. The molecular weight excluding hydrogens is 316 g/mol. The highest BCUT2D eigenvalue weighted by Crippen LogP contribution is 2.60. The normalized spacial score (nSPS) is 39.0. The number of hydrogen-bond acceptors (Lipinski definition) is 3. The van der Waals surface area contributed by atoms with Gasteiger partial charge in [0.15, 0.2) is 0 Å². The minimum absolute atomic E-state index is 0.00952. The maximum absolute atomic E-state index is 13.5. The second-order valence-corrected chi connectivity index (χ2v) is 8.84. The molecule has 25 heavy (non-hydrogen) atoms. The van der Waals surface area contributed by atoms with Crippen LogP contribution in [0.5, 0.6) is 0 Å². The van der Waals surface area contributed by atoms with Crippen molar-refractivity contribution in [3.8, 4) is 0 Å². The van der Waals surface area contributed by atoms with Gasteiger partial charge in [-0.25, -0.2) is 0 Å². The van der Waals surface area contributed by atoms with Gasteiger partial charge in [-0.2, -0.15) is 0 Å². The van der Waals surface area contributed by atoms with Crippen LogP contribution in [0.4, 0.5) is 0 Å². The van der Waals surface area contributed by atoms with Gasteiger partial charge in [-0.05, 0) is 76.0 Å². The summed E-state index contributed by atoms with van der Waals surface area (Å²) in [5.41, 5.74) is -0.136. The molecule has 0 radical (unpaired) electrons. The van der Waals surface area contributed by atoms with Crippen LogP contribution in [0.3, 0.4) is 0 Å². The zero-order valence-corrected chi connectivity index (χ0v) is 15.5. The average molecular weight is 348 g/mol. The quantitative estimate of drug-likeness (QED) is 0.750. The van der Waals surface area contributed by atoms with Gasteiger partial charge in [0.1, 0.15) is 6.04 Å². The van der Waals surface area contributed by atoms with Gasteiger partial charge in [-0.1, -0.05) is 0 Å². The van der Waals surface area contributed by atoms with Crippen molar-refractivity contribution in [2.45, 2.75) is 64.3 Å². The van der Waals surface area contributed by atoms with Gasteiger partial charge >= 0.3 is 0 Å². The van der Waals surface area contributed by atoms with E-state index in [-0.39, 0.29) is 17.4 Å². The molecule has 5 fully saturated rings. The molecule has 1 heterocycles. The van der Waals surface area contributed by atoms with Gasteiger partial charge in [0, 0.05) is 19.7 Å². The maximum Gasteiger partial charge on any atom is 0.242 e. The van der Waals surface area contributed by atoms with Crippen LogP contribution in [0.15, 0.2) is 0 Å². The third kappa shape index (κ3) is 3.20. The zero-order valence-electron chi connectivity index (χ0n) is 15.5. The Kier molecular flexibility index (Phi) is 4.78. The van der Waals surface area contributed by atoms with Crippen molar-refractivity contribution in [2.24, 2.45) is 23.2 Å². The van der Waals surface area contributed by atoms with Gasteiger partial charge in [0.05, 0.1) is 12.0 Å². The topological polar surface area (TPSA) is 58.6 Å². The van der Waals surface area contributed by atoms with Gasteiger partial charge in [-0.15, -0.1) is 0 Å². The number of carbonyl (C=O) groups excluding carboxylic acids is 2. The summed E-state index contributed by atoms with van der Waals surface area (Å²) < 4.78 is 5.29. The van der Waals surface area contributed by atoms with E-state index >= 15 is 0 Å². The monoisotopic (exact) mass is 348 g/mol. The van der Waals surface area contributed by atoms with Gasteiger partial charge in [0.25, 0.3) is 0 Å². The number of ether oxygens (including phenoxy) is 1. The maximum atomic E-state index is 13.5. The summed E-state index contributed by atoms with van der Waals surface area (Å²) in [4.78, 5) is 28.0. The van der Waals surface area contributed by atoms with E-state index in [2.05, 4.69) is 5.32 Å². The van der Waals surface area contributed by atoms with Crippen LogP contribution in [0.25, 0.3) is 0 Å². The van der Waals surface area contributed by atoms with E-state index in [0.717, 1.165) is 56.4 Å². The van der Waals surface area contributed by atoms with Crippen LogP contribution in [0.1, 0.15) is 58.3 Å². The fraction of sp³-hybridized carbons (Fsp3) is 0.900. The van der Waals surface area contributed by atoms with Crippen LogP contribution in [0.2, 0.25) is 0 Å². The molecule has 0 spiro atoms. The summed E-state index contributed by atoms with van der Waals surface area (Å²) in [5, 5.41) is 2.96. The molecule has 1 atom stereocenters. The second-order valence-electron chi connectivity index (χ2n) is 8.84. The third-order valence-electron chi connectivity index (χ3n) is 7.06. The number of amides is 2. The molecule has 4 bridgehead atoms. The van der Waals surface area contributed by atoms with Crippen molar-refractivity contribution in [3.63, 3.8) is 0 Å². The highest BCUT2D eigenvalue weighted by Gasteiger charge is 2.56. The zero-order chi connectivity index (χ0) is 17.4. The number of nitrogens with zero attached hydrogens (tertiary/aromatic N) is 1. The van der Waals surface area contributed by atoms with Gasteiger partial charge < -0.3 is 15.0 Å². The number of rotatable bonds is 6.